The number of nitrogens with zero attached hydrogens (tertiary/aromatic N) is 1. The second kappa shape index (κ2) is 3.60. The Bertz CT molecular complexity index is 625. The zero-order chi connectivity index (χ0) is 12.0. The fourth-order valence-electron chi connectivity index (χ4n) is 2.10. The van der Waals surface area contributed by atoms with Gasteiger partial charge in [0.25, 0.3) is 0 Å². The Morgan fingerprint density at radius 3 is 2.59 bits per heavy atom. The van der Waals surface area contributed by atoms with E-state index in [0.29, 0.717) is 5.69 Å². The lowest BCUT2D eigenvalue weighted by Crippen LogP contribution is -2.19. The summed E-state index contributed by atoms with van der Waals surface area (Å²) in [4.78, 5) is 3.67. The minimum absolute atomic E-state index is 0.643. The van der Waals surface area contributed by atoms with Gasteiger partial charge in [-0.1, -0.05) is 12.1 Å². The molecule has 1 unspecified atom stereocenters. The van der Waals surface area contributed by atoms with Crippen LogP contribution in [0.3, 0.4) is 0 Å². The molecular formula is C13H12N2OS. The van der Waals surface area contributed by atoms with Crippen molar-refractivity contribution in [2.45, 2.75) is 9.79 Å². The van der Waals surface area contributed by atoms with Gasteiger partial charge in [0.1, 0.15) is 0 Å². The van der Waals surface area contributed by atoms with E-state index >= 15 is 0 Å². The Kier molecular flexibility index (Phi) is 2.19. The van der Waals surface area contributed by atoms with E-state index in [1.54, 1.807) is 6.07 Å². The standard InChI is InChI=1S/C13H12N2OS/c1-15-10-4-2-3-5-12(10)17(16)13-8-9(14)6-7-11(13)15/h2-8H,14H2,1H3. The first-order valence-corrected chi connectivity index (χ1v) is 6.47. The van der Waals surface area contributed by atoms with Crippen LogP contribution in [-0.2, 0) is 10.8 Å². The fraction of sp³-hybridized carbons (Fsp3) is 0.0769. The highest BCUT2D eigenvalue weighted by atomic mass is 32.2. The summed E-state index contributed by atoms with van der Waals surface area (Å²) < 4.78 is 12.4. The predicted octanol–water partition coefficient (Wildman–Crippen LogP) is 2.52. The molecule has 1 atom stereocenters. The van der Waals surface area contributed by atoms with Crippen LogP contribution in [0.15, 0.2) is 52.3 Å². The molecule has 0 saturated carbocycles. The molecule has 4 heteroatoms. The summed E-state index contributed by atoms with van der Waals surface area (Å²) in [5, 5.41) is 0. The highest BCUT2D eigenvalue weighted by molar-refractivity contribution is 7.85. The van der Waals surface area contributed by atoms with Crippen molar-refractivity contribution in [3.63, 3.8) is 0 Å². The van der Waals surface area contributed by atoms with Gasteiger partial charge in [-0.25, -0.2) is 4.21 Å². The summed E-state index contributed by atoms with van der Waals surface area (Å²) in [7, 11) is 0.834. The number of anilines is 3. The van der Waals surface area contributed by atoms with Crippen LogP contribution >= 0.6 is 0 Å². The van der Waals surface area contributed by atoms with E-state index < -0.39 is 10.8 Å². The molecule has 0 amide bonds. The number of fused-ring (bicyclic) bond motifs is 2. The predicted molar refractivity (Wildman–Crippen MR) is 70.0 cm³/mol. The Morgan fingerprint density at radius 2 is 1.76 bits per heavy atom. The monoisotopic (exact) mass is 244 g/mol. The van der Waals surface area contributed by atoms with Gasteiger partial charge in [0.05, 0.1) is 32.0 Å². The van der Waals surface area contributed by atoms with Crippen LogP contribution in [0.4, 0.5) is 17.1 Å². The largest absolute Gasteiger partial charge is 0.399 e. The van der Waals surface area contributed by atoms with Crippen molar-refractivity contribution in [2.75, 3.05) is 17.7 Å². The first kappa shape index (κ1) is 10.4. The molecule has 3 nitrogen and oxygen atoms in total. The lowest BCUT2D eigenvalue weighted by atomic mass is 10.2. The second-order valence-corrected chi connectivity index (χ2v) is 5.44. The van der Waals surface area contributed by atoms with Gasteiger partial charge in [0, 0.05) is 12.7 Å². The summed E-state index contributed by atoms with van der Waals surface area (Å²) in [5.41, 5.74) is 8.34. The quantitative estimate of drug-likeness (QED) is 0.724. The number of nitrogen functional groups attached to an aromatic ring is 1. The minimum Gasteiger partial charge on any atom is -0.399 e. The zero-order valence-electron chi connectivity index (χ0n) is 9.38. The number of rotatable bonds is 0. The van der Waals surface area contributed by atoms with Gasteiger partial charge in [-0.05, 0) is 30.3 Å². The maximum atomic E-state index is 12.4. The van der Waals surface area contributed by atoms with Crippen LogP contribution in [0.25, 0.3) is 0 Å². The van der Waals surface area contributed by atoms with Crippen LogP contribution in [0.5, 0.6) is 0 Å². The van der Waals surface area contributed by atoms with Crippen molar-refractivity contribution >= 4 is 27.9 Å². The Morgan fingerprint density at radius 1 is 1.06 bits per heavy atom. The second-order valence-electron chi connectivity index (χ2n) is 4.02. The summed E-state index contributed by atoms with van der Waals surface area (Å²) >= 11 is 0. The van der Waals surface area contributed by atoms with E-state index in [2.05, 4.69) is 0 Å². The maximum absolute atomic E-state index is 12.4. The van der Waals surface area contributed by atoms with E-state index in [9.17, 15) is 4.21 Å². The van der Waals surface area contributed by atoms with E-state index in [1.807, 2.05) is 48.3 Å². The SMILES string of the molecule is CN1c2ccccc2S(=O)c2cc(N)ccc21. The van der Waals surface area contributed by atoms with Crippen LogP contribution in [0.1, 0.15) is 0 Å². The fourth-order valence-corrected chi connectivity index (χ4v) is 3.57. The highest BCUT2D eigenvalue weighted by Gasteiger charge is 2.25. The average Bonchev–Trinajstić information content (AvgIpc) is 2.36. The molecule has 2 N–H and O–H groups in total. The minimum atomic E-state index is -1.14. The Labute approximate surface area is 102 Å². The summed E-state index contributed by atoms with van der Waals surface area (Å²) in [5.74, 6) is 0. The van der Waals surface area contributed by atoms with Crippen LogP contribution in [0.2, 0.25) is 0 Å². The number of benzene rings is 2. The molecule has 17 heavy (non-hydrogen) atoms. The summed E-state index contributed by atoms with van der Waals surface area (Å²) in [6.45, 7) is 0. The smallest absolute Gasteiger partial charge is 0.0892 e. The molecule has 1 heterocycles. The van der Waals surface area contributed by atoms with Crippen molar-refractivity contribution in [3.05, 3.63) is 42.5 Å². The molecule has 0 radical (unpaired) electrons. The third-order valence-corrected chi connectivity index (χ3v) is 4.44. The summed E-state index contributed by atoms with van der Waals surface area (Å²) in [6.07, 6.45) is 0. The highest BCUT2D eigenvalue weighted by Crippen LogP contribution is 2.41. The average molecular weight is 244 g/mol. The van der Waals surface area contributed by atoms with E-state index in [1.165, 1.54) is 0 Å². The van der Waals surface area contributed by atoms with Gasteiger partial charge >= 0.3 is 0 Å². The van der Waals surface area contributed by atoms with Crippen LogP contribution < -0.4 is 10.6 Å². The molecule has 0 saturated heterocycles. The topological polar surface area (TPSA) is 46.3 Å². The molecular weight excluding hydrogens is 232 g/mol. The van der Waals surface area contributed by atoms with Crippen molar-refractivity contribution in [1.29, 1.82) is 0 Å². The summed E-state index contributed by atoms with van der Waals surface area (Å²) in [6, 6.07) is 13.3. The lowest BCUT2D eigenvalue weighted by molar-refractivity contribution is 0.682. The molecule has 1 aliphatic rings. The van der Waals surface area contributed by atoms with Gasteiger partial charge < -0.3 is 10.6 Å². The molecule has 3 rings (SSSR count). The molecule has 0 aromatic heterocycles. The molecule has 0 bridgehead atoms. The third-order valence-electron chi connectivity index (χ3n) is 2.97. The lowest BCUT2D eigenvalue weighted by Gasteiger charge is -2.29. The van der Waals surface area contributed by atoms with Crippen molar-refractivity contribution in [1.82, 2.24) is 0 Å². The number of hydrogen-bond donors (Lipinski definition) is 1. The van der Waals surface area contributed by atoms with Gasteiger partial charge in [-0.2, -0.15) is 0 Å². The van der Waals surface area contributed by atoms with E-state index in [-0.39, 0.29) is 0 Å². The molecule has 0 spiro atoms. The van der Waals surface area contributed by atoms with E-state index in [0.717, 1.165) is 21.2 Å². The van der Waals surface area contributed by atoms with Crippen molar-refractivity contribution < 1.29 is 4.21 Å². The molecule has 1 aliphatic heterocycles. The number of nitrogens with two attached hydrogens (primary N) is 1. The number of para-hydroxylation sites is 1. The molecule has 0 aliphatic carbocycles. The molecule has 86 valence electrons. The number of hydrogen-bond acceptors (Lipinski definition) is 3. The van der Waals surface area contributed by atoms with Gasteiger partial charge in [0.2, 0.25) is 0 Å². The molecule has 0 fully saturated rings. The normalized spacial score (nSPS) is 17.5. The Hall–Kier alpha value is -1.81. The Balaban J connectivity index is 2.29. The first-order valence-electron chi connectivity index (χ1n) is 5.32. The van der Waals surface area contributed by atoms with E-state index in [4.69, 9.17) is 5.73 Å². The van der Waals surface area contributed by atoms with Gasteiger partial charge in [-0.15, -0.1) is 0 Å². The van der Waals surface area contributed by atoms with Crippen LogP contribution in [-0.4, -0.2) is 11.3 Å². The maximum Gasteiger partial charge on any atom is 0.0892 e. The van der Waals surface area contributed by atoms with Crippen LogP contribution in [0, 0.1) is 0 Å². The molecule has 2 aromatic carbocycles. The van der Waals surface area contributed by atoms with Gasteiger partial charge in [0.15, 0.2) is 0 Å². The zero-order valence-corrected chi connectivity index (χ0v) is 10.2. The molecule has 2 aromatic rings. The van der Waals surface area contributed by atoms with Gasteiger partial charge in [-0.3, -0.25) is 0 Å². The third kappa shape index (κ3) is 1.45. The van der Waals surface area contributed by atoms with Crippen molar-refractivity contribution in [2.24, 2.45) is 0 Å². The first-order chi connectivity index (χ1) is 8.18. The van der Waals surface area contributed by atoms with Crippen molar-refractivity contribution in [3.8, 4) is 0 Å².